The number of carbonyl (C=O) groups is 3. The first kappa shape index (κ1) is 19.7. The summed E-state index contributed by atoms with van der Waals surface area (Å²) in [7, 11) is 0. The maximum atomic E-state index is 12.7. The number of hydrogen-bond acceptors (Lipinski definition) is 6. The Morgan fingerprint density at radius 1 is 1.08 bits per heavy atom. The number of ether oxygens (including phenoxy) is 2. The van der Waals surface area contributed by atoms with E-state index in [0.29, 0.717) is 11.3 Å². The summed E-state index contributed by atoms with van der Waals surface area (Å²) < 4.78 is 10.4. The smallest absolute Gasteiger partial charge is 0.335 e. The minimum Gasteiger partial charge on any atom is -0.465 e. The summed E-state index contributed by atoms with van der Waals surface area (Å²) in [4.78, 5) is 39.6. The zero-order chi connectivity index (χ0) is 19.3. The van der Waals surface area contributed by atoms with Crippen LogP contribution in [-0.4, -0.2) is 37.5 Å². The highest BCUT2D eigenvalue weighted by molar-refractivity contribution is 6.06. The summed E-state index contributed by atoms with van der Waals surface area (Å²) in [5, 5.41) is 0. The standard InChI is InChI=1S/C20H25NO5/c1-5-25-18(23)17-12-20(15(4)22,19(24)26-6-2)13-21(14(17)3)16-10-8-7-9-11-16/h7-11H,5-6,12-13H2,1-4H3. The van der Waals surface area contributed by atoms with Gasteiger partial charge in [-0.2, -0.15) is 0 Å². The van der Waals surface area contributed by atoms with Crippen molar-refractivity contribution in [3.8, 4) is 0 Å². The van der Waals surface area contributed by atoms with Gasteiger partial charge in [0, 0.05) is 24.4 Å². The monoisotopic (exact) mass is 359 g/mol. The first-order valence-corrected chi connectivity index (χ1v) is 8.75. The van der Waals surface area contributed by atoms with Crippen molar-refractivity contribution in [2.75, 3.05) is 24.7 Å². The molecule has 1 aromatic rings. The lowest BCUT2D eigenvalue weighted by Gasteiger charge is -2.41. The molecule has 26 heavy (non-hydrogen) atoms. The van der Waals surface area contributed by atoms with Crippen molar-refractivity contribution >= 4 is 23.4 Å². The van der Waals surface area contributed by atoms with Crippen LogP contribution in [-0.2, 0) is 23.9 Å². The molecular weight excluding hydrogens is 334 g/mol. The molecule has 1 atom stereocenters. The number of carbonyl (C=O) groups excluding carboxylic acids is 3. The fourth-order valence-corrected chi connectivity index (χ4v) is 3.15. The van der Waals surface area contributed by atoms with Crippen LogP contribution in [0.4, 0.5) is 5.69 Å². The Balaban J connectivity index is 2.60. The summed E-state index contributed by atoms with van der Waals surface area (Å²) in [5.41, 5.74) is 0.357. The number of hydrogen-bond donors (Lipinski definition) is 0. The number of Topliss-reactive ketones (excluding diaryl/α,β-unsaturated/α-hetero) is 1. The van der Waals surface area contributed by atoms with Crippen molar-refractivity contribution < 1.29 is 23.9 Å². The van der Waals surface area contributed by atoms with E-state index in [2.05, 4.69) is 0 Å². The molecule has 0 spiro atoms. The SMILES string of the molecule is CCOC(=O)C1=C(C)N(c2ccccc2)CC(C(C)=O)(C(=O)OCC)C1. The minimum atomic E-state index is -1.44. The van der Waals surface area contributed by atoms with E-state index < -0.39 is 17.4 Å². The Hall–Kier alpha value is -2.63. The van der Waals surface area contributed by atoms with Crippen LogP contribution < -0.4 is 4.90 Å². The average Bonchev–Trinajstić information content (AvgIpc) is 2.63. The number of allylic oxidation sites excluding steroid dienone is 1. The van der Waals surface area contributed by atoms with Gasteiger partial charge >= 0.3 is 11.9 Å². The zero-order valence-corrected chi connectivity index (χ0v) is 15.7. The highest BCUT2D eigenvalue weighted by Crippen LogP contribution is 2.40. The molecule has 1 aromatic carbocycles. The number of esters is 2. The Morgan fingerprint density at radius 2 is 1.69 bits per heavy atom. The van der Waals surface area contributed by atoms with Crippen LogP contribution in [0.5, 0.6) is 0 Å². The number of nitrogens with zero attached hydrogens (tertiary/aromatic N) is 1. The first-order valence-electron chi connectivity index (χ1n) is 8.75. The summed E-state index contributed by atoms with van der Waals surface area (Å²) in [5.74, 6) is -1.45. The molecule has 0 radical (unpaired) electrons. The van der Waals surface area contributed by atoms with Crippen molar-refractivity contribution in [3.63, 3.8) is 0 Å². The number of ketones is 1. The summed E-state index contributed by atoms with van der Waals surface area (Å²) in [6.07, 6.45) is -0.0187. The molecule has 0 saturated heterocycles. The average molecular weight is 359 g/mol. The summed E-state index contributed by atoms with van der Waals surface area (Å²) in [6, 6.07) is 9.34. The van der Waals surface area contributed by atoms with Crippen molar-refractivity contribution in [2.24, 2.45) is 5.41 Å². The lowest BCUT2D eigenvalue weighted by atomic mass is 9.74. The lowest BCUT2D eigenvalue weighted by Crippen LogP contribution is -2.52. The third-order valence-electron chi connectivity index (χ3n) is 4.68. The zero-order valence-electron chi connectivity index (χ0n) is 15.7. The number of rotatable bonds is 6. The van der Waals surface area contributed by atoms with Crippen molar-refractivity contribution in [3.05, 3.63) is 41.6 Å². The molecule has 0 amide bonds. The maximum absolute atomic E-state index is 12.7. The van der Waals surface area contributed by atoms with Crippen LogP contribution in [0.25, 0.3) is 0 Å². The van der Waals surface area contributed by atoms with Gasteiger partial charge in [0.2, 0.25) is 0 Å². The van der Waals surface area contributed by atoms with Gasteiger partial charge in [-0.05, 0) is 39.8 Å². The number of para-hydroxylation sites is 1. The van der Waals surface area contributed by atoms with Gasteiger partial charge in [0.05, 0.1) is 18.8 Å². The Labute approximate surface area is 153 Å². The van der Waals surface area contributed by atoms with E-state index in [4.69, 9.17) is 9.47 Å². The summed E-state index contributed by atoms with van der Waals surface area (Å²) >= 11 is 0. The molecule has 1 aliphatic heterocycles. The largest absolute Gasteiger partial charge is 0.465 e. The van der Waals surface area contributed by atoms with E-state index in [1.165, 1.54) is 6.92 Å². The van der Waals surface area contributed by atoms with Gasteiger partial charge < -0.3 is 14.4 Å². The molecule has 140 valence electrons. The molecular formula is C20H25NO5. The fraction of sp³-hybridized carbons (Fsp3) is 0.450. The molecule has 1 heterocycles. The van der Waals surface area contributed by atoms with Gasteiger partial charge in [-0.3, -0.25) is 9.59 Å². The quantitative estimate of drug-likeness (QED) is 0.574. The second-order valence-corrected chi connectivity index (χ2v) is 6.24. The van der Waals surface area contributed by atoms with E-state index in [1.807, 2.05) is 35.2 Å². The van der Waals surface area contributed by atoms with Crippen molar-refractivity contribution in [1.29, 1.82) is 0 Å². The molecule has 1 aliphatic rings. The Morgan fingerprint density at radius 3 is 2.23 bits per heavy atom. The van der Waals surface area contributed by atoms with Gasteiger partial charge in [0.1, 0.15) is 11.2 Å². The van der Waals surface area contributed by atoms with Crippen LogP contribution in [0.15, 0.2) is 41.6 Å². The van der Waals surface area contributed by atoms with Crippen molar-refractivity contribution in [2.45, 2.75) is 34.1 Å². The minimum absolute atomic E-state index is 0.0187. The Bertz CT molecular complexity index is 725. The van der Waals surface area contributed by atoms with Crippen LogP contribution in [0, 0.1) is 5.41 Å². The second kappa shape index (κ2) is 8.17. The topological polar surface area (TPSA) is 72.9 Å². The highest BCUT2D eigenvalue weighted by Gasteiger charge is 2.51. The van der Waals surface area contributed by atoms with Crippen LogP contribution >= 0.6 is 0 Å². The van der Waals surface area contributed by atoms with Crippen molar-refractivity contribution in [1.82, 2.24) is 0 Å². The van der Waals surface area contributed by atoms with E-state index in [-0.39, 0.29) is 32.0 Å². The van der Waals surface area contributed by atoms with Gasteiger partial charge in [0.15, 0.2) is 0 Å². The first-order chi connectivity index (χ1) is 12.4. The lowest BCUT2D eigenvalue weighted by molar-refractivity contribution is -0.159. The molecule has 0 N–H and O–H groups in total. The second-order valence-electron chi connectivity index (χ2n) is 6.24. The van der Waals surface area contributed by atoms with Gasteiger partial charge in [-0.1, -0.05) is 18.2 Å². The third kappa shape index (κ3) is 3.64. The molecule has 2 rings (SSSR count). The Kier molecular flexibility index (Phi) is 6.18. The van der Waals surface area contributed by atoms with E-state index in [1.54, 1.807) is 20.8 Å². The maximum Gasteiger partial charge on any atom is 0.335 e. The third-order valence-corrected chi connectivity index (χ3v) is 4.68. The number of anilines is 1. The number of benzene rings is 1. The van der Waals surface area contributed by atoms with E-state index >= 15 is 0 Å². The van der Waals surface area contributed by atoms with E-state index in [9.17, 15) is 14.4 Å². The highest BCUT2D eigenvalue weighted by atomic mass is 16.5. The predicted molar refractivity (Wildman–Crippen MR) is 97.5 cm³/mol. The van der Waals surface area contributed by atoms with Crippen LogP contribution in [0.2, 0.25) is 0 Å². The molecule has 0 fully saturated rings. The van der Waals surface area contributed by atoms with Crippen LogP contribution in [0.3, 0.4) is 0 Å². The predicted octanol–water partition coefficient (Wildman–Crippen LogP) is 2.87. The molecule has 6 nitrogen and oxygen atoms in total. The normalized spacial score (nSPS) is 19.9. The van der Waals surface area contributed by atoms with Gasteiger partial charge in [0.25, 0.3) is 0 Å². The molecule has 0 bridgehead atoms. The molecule has 0 aliphatic carbocycles. The molecule has 1 unspecified atom stereocenters. The van der Waals surface area contributed by atoms with Gasteiger partial charge in [-0.25, -0.2) is 4.79 Å². The molecule has 6 heteroatoms. The summed E-state index contributed by atoms with van der Waals surface area (Å²) in [6.45, 7) is 7.08. The molecule has 0 saturated carbocycles. The fourth-order valence-electron chi connectivity index (χ4n) is 3.15. The van der Waals surface area contributed by atoms with Crippen LogP contribution in [0.1, 0.15) is 34.1 Å². The molecule has 0 aromatic heterocycles. The van der Waals surface area contributed by atoms with E-state index in [0.717, 1.165) is 5.69 Å². The van der Waals surface area contributed by atoms with Gasteiger partial charge in [-0.15, -0.1) is 0 Å².